The van der Waals surface area contributed by atoms with Crippen LogP contribution in [0.2, 0.25) is 0 Å². The van der Waals surface area contributed by atoms with Gasteiger partial charge in [-0.25, -0.2) is 0 Å². The fourth-order valence-corrected chi connectivity index (χ4v) is 2.82. The summed E-state index contributed by atoms with van der Waals surface area (Å²) in [5, 5.41) is 48.7. The van der Waals surface area contributed by atoms with Crippen LogP contribution in [0.15, 0.2) is 18.2 Å². The van der Waals surface area contributed by atoms with Crippen molar-refractivity contribution in [2.24, 2.45) is 0 Å². The van der Waals surface area contributed by atoms with Crippen molar-refractivity contribution in [1.29, 1.82) is 0 Å². The van der Waals surface area contributed by atoms with Gasteiger partial charge in [0.25, 0.3) is 0 Å². The maximum absolute atomic E-state index is 12.1. The topological polar surface area (TPSA) is 144 Å². The summed E-state index contributed by atoms with van der Waals surface area (Å²) < 4.78 is 0. The second-order valence-electron chi connectivity index (χ2n) is 5.18. The molecule has 1 aliphatic carbocycles. The first-order chi connectivity index (χ1) is 10.3. The Balaban J connectivity index is 2.26. The first-order valence-corrected chi connectivity index (χ1v) is 6.44. The number of Topliss-reactive ketones (excluding diaryl/α,β-unsaturated/α-hetero) is 1. The van der Waals surface area contributed by atoms with Gasteiger partial charge in [0.1, 0.15) is 0 Å². The highest BCUT2D eigenvalue weighted by Gasteiger charge is 2.36. The first kappa shape index (κ1) is 13.9. The number of carbonyl (C=O) groups is 1. The van der Waals surface area contributed by atoms with E-state index in [4.69, 9.17) is 5.73 Å². The molecule has 0 heterocycles. The average Bonchev–Trinajstić information content (AvgIpc) is 2.80. The fourth-order valence-electron chi connectivity index (χ4n) is 2.82. The van der Waals surface area contributed by atoms with Crippen molar-refractivity contribution in [2.75, 3.05) is 5.73 Å². The van der Waals surface area contributed by atoms with Crippen molar-refractivity contribution in [3.05, 3.63) is 34.9 Å². The van der Waals surface area contributed by atoms with Crippen LogP contribution in [0.5, 0.6) is 28.7 Å². The molecule has 0 aliphatic heterocycles. The molecule has 7 heteroatoms. The molecule has 2 aromatic carbocycles. The van der Waals surface area contributed by atoms with Crippen LogP contribution in [-0.2, 0) is 0 Å². The van der Waals surface area contributed by atoms with Crippen molar-refractivity contribution in [3.63, 3.8) is 0 Å². The third-order valence-electron chi connectivity index (χ3n) is 3.90. The number of anilines is 1. The molecule has 7 nitrogen and oxygen atoms in total. The number of ketones is 1. The first-order valence-electron chi connectivity index (χ1n) is 6.44. The smallest absolute Gasteiger partial charge is 0.208 e. The van der Waals surface area contributed by atoms with Crippen LogP contribution in [-0.4, -0.2) is 31.3 Å². The Morgan fingerprint density at radius 2 is 1.45 bits per heavy atom. The van der Waals surface area contributed by atoms with Gasteiger partial charge >= 0.3 is 0 Å². The number of aromatic hydroxyl groups is 5. The Kier molecular flexibility index (Phi) is 2.81. The van der Waals surface area contributed by atoms with Crippen LogP contribution in [0.4, 0.5) is 5.69 Å². The molecule has 22 heavy (non-hydrogen) atoms. The van der Waals surface area contributed by atoms with Gasteiger partial charge in [-0.1, -0.05) is 6.07 Å². The normalized spacial score (nSPS) is 16.7. The summed E-state index contributed by atoms with van der Waals surface area (Å²) in [5.41, 5.74) is 6.69. The maximum atomic E-state index is 12.1. The summed E-state index contributed by atoms with van der Waals surface area (Å²) >= 11 is 0. The number of benzene rings is 2. The van der Waals surface area contributed by atoms with Crippen molar-refractivity contribution in [2.45, 2.75) is 12.3 Å². The minimum Gasteiger partial charge on any atom is -0.504 e. The Morgan fingerprint density at radius 3 is 2.05 bits per heavy atom. The van der Waals surface area contributed by atoms with E-state index in [0.717, 1.165) is 0 Å². The van der Waals surface area contributed by atoms with E-state index in [1.165, 1.54) is 6.07 Å². The van der Waals surface area contributed by atoms with Gasteiger partial charge in [-0.3, -0.25) is 4.79 Å². The van der Waals surface area contributed by atoms with Crippen LogP contribution in [0.1, 0.15) is 33.8 Å². The predicted molar refractivity (Wildman–Crippen MR) is 76.4 cm³/mol. The van der Waals surface area contributed by atoms with Gasteiger partial charge in [0.05, 0.1) is 5.56 Å². The minimum absolute atomic E-state index is 0.0659. The highest BCUT2D eigenvalue weighted by molar-refractivity contribution is 6.03. The van der Waals surface area contributed by atoms with Gasteiger partial charge in [0, 0.05) is 23.6 Å². The predicted octanol–water partition coefficient (Wildman–Crippen LogP) is 1.52. The second kappa shape index (κ2) is 4.45. The molecule has 0 amide bonds. The standard InChI is InChI=1S/C15H13NO6/c16-5-1-2-6-7(3-5)9(17)4-8(6)10-11(18)13(20)15(22)14(21)12(10)19/h1-3,8,18-22H,4,16H2/t8-/m1/s1. The van der Waals surface area contributed by atoms with E-state index in [-0.39, 0.29) is 17.8 Å². The zero-order chi connectivity index (χ0) is 16.2. The van der Waals surface area contributed by atoms with Crippen molar-refractivity contribution in [3.8, 4) is 28.7 Å². The Hall–Kier alpha value is -3.09. The lowest BCUT2D eigenvalue weighted by molar-refractivity contribution is 0.0991. The van der Waals surface area contributed by atoms with E-state index >= 15 is 0 Å². The highest BCUT2D eigenvalue weighted by atomic mass is 16.4. The zero-order valence-electron chi connectivity index (χ0n) is 11.2. The lowest BCUT2D eigenvalue weighted by Gasteiger charge is -2.17. The van der Waals surface area contributed by atoms with Gasteiger partial charge < -0.3 is 31.3 Å². The number of carbonyl (C=O) groups excluding carboxylic acids is 1. The van der Waals surface area contributed by atoms with Gasteiger partial charge in [-0.05, 0) is 17.7 Å². The lowest BCUT2D eigenvalue weighted by Crippen LogP contribution is -1.99. The number of fused-ring (bicyclic) bond motifs is 1. The summed E-state index contributed by atoms with van der Waals surface area (Å²) in [7, 11) is 0. The van der Waals surface area contributed by atoms with E-state index in [9.17, 15) is 30.3 Å². The number of nitrogen functional groups attached to an aromatic ring is 1. The third kappa shape index (κ3) is 1.72. The Labute approximate surface area is 124 Å². The van der Waals surface area contributed by atoms with Crippen LogP contribution in [0.3, 0.4) is 0 Å². The van der Waals surface area contributed by atoms with Crippen molar-refractivity contribution < 1.29 is 30.3 Å². The summed E-state index contributed by atoms with van der Waals surface area (Å²) in [6.45, 7) is 0. The molecule has 1 atom stereocenters. The van der Waals surface area contributed by atoms with Crippen LogP contribution in [0, 0.1) is 0 Å². The number of nitrogens with two attached hydrogens (primary N) is 1. The van der Waals surface area contributed by atoms with Gasteiger partial charge in [-0.2, -0.15) is 0 Å². The number of phenolic OH excluding ortho intramolecular Hbond substituents is 5. The van der Waals surface area contributed by atoms with Crippen molar-refractivity contribution in [1.82, 2.24) is 0 Å². The highest BCUT2D eigenvalue weighted by Crippen LogP contribution is 2.56. The Morgan fingerprint density at radius 1 is 0.909 bits per heavy atom. The van der Waals surface area contributed by atoms with Crippen LogP contribution < -0.4 is 5.73 Å². The van der Waals surface area contributed by atoms with E-state index < -0.39 is 34.7 Å². The Bertz CT molecular complexity index is 785. The molecule has 114 valence electrons. The summed E-state index contributed by atoms with van der Waals surface area (Å²) in [5.74, 6) is -5.51. The van der Waals surface area contributed by atoms with Crippen LogP contribution in [0.25, 0.3) is 0 Å². The molecular weight excluding hydrogens is 290 g/mol. The molecule has 2 aromatic rings. The maximum Gasteiger partial charge on any atom is 0.208 e. The monoisotopic (exact) mass is 303 g/mol. The SMILES string of the molecule is Nc1ccc2c(c1)C(=O)C[C@H]2c1c(O)c(O)c(O)c(O)c1O. The third-order valence-corrected chi connectivity index (χ3v) is 3.90. The molecule has 0 spiro atoms. The number of phenols is 5. The largest absolute Gasteiger partial charge is 0.504 e. The molecule has 0 fully saturated rings. The quantitative estimate of drug-likeness (QED) is 0.266. The van der Waals surface area contributed by atoms with Crippen molar-refractivity contribution >= 4 is 11.5 Å². The van der Waals surface area contributed by atoms with Gasteiger partial charge in [0.15, 0.2) is 17.3 Å². The molecular formula is C15H13NO6. The molecule has 0 aromatic heterocycles. The number of hydrogen-bond acceptors (Lipinski definition) is 7. The minimum atomic E-state index is -1.03. The molecule has 0 saturated carbocycles. The van der Waals surface area contributed by atoms with Gasteiger partial charge in [0.2, 0.25) is 17.2 Å². The average molecular weight is 303 g/mol. The zero-order valence-corrected chi connectivity index (χ0v) is 11.2. The summed E-state index contributed by atoms with van der Waals surface area (Å²) in [6, 6.07) is 4.64. The molecule has 0 bridgehead atoms. The second-order valence-corrected chi connectivity index (χ2v) is 5.18. The molecule has 7 N–H and O–H groups in total. The van der Waals surface area contributed by atoms with Crippen LogP contribution >= 0.6 is 0 Å². The number of rotatable bonds is 1. The molecule has 3 rings (SSSR count). The lowest BCUT2D eigenvalue weighted by atomic mass is 9.90. The van der Waals surface area contributed by atoms with E-state index in [2.05, 4.69) is 0 Å². The summed E-state index contributed by atoms with van der Waals surface area (Å²) in [6.07, 6.45) is -0.0659. The molecule has 0 unspecified atom stereocenters. The molecule has 0 radical (unpaired) electrons. The summed E-state index contributed by atoms with van der Waals surface area (Å²) in [4.78, 5) is 12.1. The molecule has 1 aliphatic rings. The fraction of sp³-hybridized carbons (Fsp3) is 0.133. The number of hydrogen-bond donors (Lipinski definition) is 6. The van der Waals surface area contributed by atoms with E-state index in [0.29, 0.717) is 16.8 Å². The van der Waals surface area contributed by atoms with E-state index in [1.54, 1.807) is 12.1 Å². The van der Waals surface area contributed by atoms with E-state index in [1.807, 2.05) is 0 Å². The van der Waals surface area contributed by atoms with Gasteiger partial charge in [-0.15, -0.1) is 0 Å². The molecule has 0 saturated heterocycles.